The van der Waals surface area contributed by atoms with Crippen molar-refractivity contribution in [3.05, 3.63) is 78.8 Å². The number of amides is 3. The number of fused-ring (bicyclic) bond motifs is 5. The van der Waals surface area contributed by atoms with Crippen LogP contribution < -0.4 is 10.1 Å². The first kappa shape index (κ1) is 31.7. The fourth-order valence-corrected chi connectivity index (χ4v) is 5.72. The quantitative estimate of drug-likeness (QED) is 0.356. The summed E-state index contributed by atoms with van der Waals surface area (Å²) in [5.41, 5.74) is 2.39. The van der Waals surface area contributed by atoms with Crippen LogP contribution in [0.4, 0.5) is 0 Å². The van der Waals surface area contributed by atoms with Crippen molar-refractivity contribution >= 4 is 28.6 Å². The van der Waals surface area contributed by atoms with E-state index in [1.165, 1.54) is 6.92 Å². The summed E-state index contributed by atoms with van der Waals surface area (Å²) in [4.78, 5) is 52.2. The Kier molecular flexibility index (Phi) is 10.4. The van der Waals surface area contributed by atoms with Crippen molar-refractivity contribution in [3.8, 4) is 17.1 Å². The Labute approximate surface area is 264 Å². The second-order valence-corrected chi connectivity index (χ2v) is 11.8. The minimum Gasteiger partial charge on any atom is -0.494 e. The van der Waals surface area contributed by atoms with E-state index in [0.29, 0.717) is 57.7 Å². The van der Waals surface area contributed by atoms with Gasteiger partial charge in [0.25, 0.3) is 5.91 Å². The average molecular weight is 611 g/mol. The first-order valence-corrected chi connectivity index (χ1v) is 15.7. The molecular formula is C35H42N6O4. The van der Waals surface area contributed by atoms with E-state index in [-0.39, 0.29) is 23.6 Å². The lowest BCUT2D eigenvalue weighted by molar-refractivity contribution is -0.137. The predicted octanol–water partition coefficient (Wildman–Crippen LogP) is 4.79. The van der Waals surface area contributed by atoms with Gasteiger partial charge >= 0.3 is 0 Å². The Morgan fingerprint density at radius 2 is 1.64 bits per heavy atom. The summed E-state index contributed by atoms with van der Waals surface area (Å²) in [5, 5.41) is 3.78. The molecule has 3 amide bonds. The van der Waals surface area contributed by atoms with E-state index >= 15 is 0 Å². The van der Waals surface area contributed by atoms with Gasteiger partial charge in [0.2, 0.25) is 11.8 Å². The van der Waals surface area contributed by atoms with Crippen LogP contribution in [0.1, 0.15) is 50.4 Å². The molecule has 10 nitrogen and oxygen atoms in total. The van der Waals surface area contributed by atoms with Crippen LogP contribution in [0.5, 0.6) is 5.75 Å². The molecule has 5 rings (SSSR count). The Morgan fingerprint density at radius 3 is 2.44 bits per heavy atom. The van der Waals surface area contributed by atoms with Gasteiger partial charge < -0.3 is 24.4 Å². The average Bonchev–Trinajstić information content (AvgIpc) is 3.51. The summed E-state index contributed by atoms with van der Waals surface area (Å²) >= 11 is 0. The van der Waals surface area contributed by atoms with Gasteiger partial charge in [-0.3, -0.25) is 19.4 Å². The molecule has 0 spiro atoms. The van der Waals surface area contributed by atoms with Crippen molar-refractivity contribution in [1.29, 1.82) is 0 Å². The molecule has 236 valence electrons. The number of hydrogen-bond donors (Lipinski definition) is 1. The van der Waals surface area contributed by atoms with Gasteiger partial charge in [0.1, 0.15) is 17.6 Å². The first-order valence-electron chi connectivity index (χ1n) is 15.7. The molecule has 10 heteroatoms. The van der Waals surface area contributed by atoms with Crippen LogP contribution in [0.2, 0.25) is 0 Å². The number of carbonyl (C=O) groups excluding carboxylic acids is 3. The molecule has 4 aromatic rings. The van der Waals surface area contributed by atoms with Crippen molar-refractivity contribution < 1.29 is 19.1 Å². The minimum atomic E-state index is -0.617. The molecule has 1 atom stereocenters. The molecule has 1 N–H and O–H groups in total. The molecular weight excluding hydrogens is 568 g/mol. The molecule has 0 fully saturated rings. The van der Waals surface area contributed by atoms with Crippen molar-refractivity contribution in [2.24, 2.45) is 5.92 Å². The van der Waals surface area contributed by atoms with Crippen molar-refractivity contribution in [2.45, 2.75) is 52.6 Å². The number of ether oxygens (including phenoxy) is 1. The maximum absolute atomic E-state index is 13.8. The zero-order valence-electron chi connectivity index (χ0n) is 26.3. The highest BCUT2D eigenvalue weighted by atomic mass is 16.5. The molecule has 1 unspecified atom stereocenters. The Morgan fingerprint density at radius 1 is 0.844 bits per heavy atom. The zero-order valence-corrected chi connectivity index (χ0v) is 26.3. The number of nitrogens with zero attached hydrogens (tertiary/aromatic N) is 5. The lowest BCUT2D eigenvalue weighted by Crippen LogP contribution is -2.51. The van der Waals surface area contributed by atoms with Crippen LogP contribution in [0.15, 0.2) is 73.2 Å². The van der Waals surface area contributed by atoms with Crippen molar-refractivity contribution in [3.63, 3.8) is 0 Å². The van der Waals surface area contributed by atoms with Crippen LogP contribution >= 0.6 is 0 Å². The smallest absolute Gasteiger partial charge is 0.253 e. The van der Waals surface area contributed by atoms with E-state index in [9.17, 15) is 14.4 Å². The standard InChI is InChI=1S/C35H42N6O4/c1-25(2)32(38-26(3)42)35(44)41-17-5-4-16-40(34(43)29-12-13-31-27(23-29)10-7-14-36-31)18-8-22-45-30-11-6-9-28(24-30)33-37-15-19-39(33)20-21-41/h6-7,9-15,19,23-25,32H,4-5,8,16-18,20-22H2,1-3H3,(H,38,42). The maximum atomic E-state index is 13.8. The number of hydrogen-bond acceptors (Lipinski definition) is 6. The van der Waals surface area contributed by atoms with Gasteiger partial charge in [0.05, 0.1) is 12.1 Å². The molecule has 2 aromatic heterocycles. The highest BCUT2D eigenvalue weighted by Gasteiger charge is 2.28. The lowest BCUT2D eigenvalue weighted by Gasteiger charge is -2.30. The van der Waals surface area contributed by atoms with Crippen LogP contribution in [0.3, 0.4) is 0 Å². The van der Waals surface area contributed by atoms with Crippen LogP contribution in [0, 0.1) is 5.92 Å². The molecule has 0 saturated carbocycles. The topological polar surface area (TPSA) is 110 Å². The Bertz CT molecular complexity index is 1630. The number of pyridine rings is 1. The summed E-state index contributed by atoms with van der Waals surface area (Å²) in [5.74, 6) is 1.09. The van der Waals surface area contributed by atoms with Crippen LogP contribution in [-0.2, 0) is 16.1 Å². The summed E-state index contributed by atoms with van der Waals surface area (Å²) in [6.45, 7) is 8.36. The summed E-state index contributed by atoms with van der Waals surface area (Å²) < 4.78 is 8.15. The SMILES string of the molecule is CC(=O)NC(C(=O)N1CCCCN(C(=O)c2ccc3ncccc3c2)CCCOc2cccc(c2)-c2nccn2CC1)C(C)C. The molecule has 2 aromatic carbocycles. The first-order chi connectivity index (χ1) is 21.8. The molecule has 45 heavy (non-hydrogen) atoms. The number of rotatable bonds is 4. The van der Waals surface area contributed by atoms with Gasteiger partial charge in [-0.1, -0.05) is 32.0 Å². The molecule has 3 heterocycles. The van der Waals surface area contributed by atoms with E-state index in [0.717, 1.165) is 34.5 Å². The second kappa shape index (κ2) is 14.8. The van der Waals surface area contributed by atoms with E-state index in [1.54, 1.807) is 12.4 Å². The van der Waals surface area contributed by atoms with E-state index in [2.05, 4.69) is 15.3 Å². The lowest BCUT2D eigenvalue weighted by atomic mass is 10.0. The zero-order chi connectivity index (χ0) is 31.8. The van der Waals surface area contributed by atoms with Gasteiger partial charge in [-0.05, 0) is 61.6 Å². The molecule has 1 aliphatic rings. The number of benzene rings is 2. The third-order valence-electron chi connectivity index (χ3n) is 8.11. The van der Waals surface area contributed by atoms with E-state index in [4.69, 9.17) is 4.74 Å². The van der Waals surface area contributed by atoms with Crippen molar-refractivity contribution in [1.82, 2.24) is 29.7 Å². The van der Waals surface area contributed by atoms with Crippen molar-refractivity contribution in [2.75, 3.05) is 32.8 Å². The predicted molar refractivity (Wildman–Crippen MR) is 174 cm³/mol. The largest absolute Gasteiger partial charge is 0.494 e. The fraction of sp³-hybridized carbons (Fsp3) is 0.400. The van der Waals surface area contributed by atoms with Gasteiger partial charge in [0.15, 0.2) is 0 Å². The van der Waals surface area contributed by atoms with E-state index in [1.807, 2.05) is 89.0 Å². The molecule has 0 radical (unpaired) electrons. The highest BCUT2D eigenvalue weighted by Crippen LogP contribution is 2.24. The maximum Gasteiger partial charge on any atom is 0.253 e. The molecule has 2 bridgehead atoms. The molecule has 0 saturated heterocycles. The normalized spacial score (nSPS) is 15.6. The van der Waals surface area contributed by atoms with Crippen LogP contribution in [0.25, 0.3) is 22.3 Å². The number of imidazole rings is 1. The number of aromatic nitrogens is 3. The fourth-order valence-electron chi connectivity index (χ4n) is 5.72. The third kappa shape index (κ3) is 8.06. The van der Waals surface area contributed by atoms with Gasteiger partial charge in [-0.2, -0.15) is 0 Å². The summed E-state index contributed by atoms with van der Waals surface area (Å²) in [7, 11) is 0. The number of carbonyl (C=O) groups is 3. The van der Waals surface area contributed by atoms with Crippen LogP contribution in [-0.4, -0.2) is 80.9 Å². The molecule has 1 aliphatic heterocycles. The third-order valence-corrected chi connectivity index (χ3v) is 8.11. The highest BCUT2D eigenvalue weighted by molar-refractivity contribution is 5.98. The summed E-state index contributed by atoms with van der Waals surface area (Å²) in [6.07, 6.45) is 7.51. The number of nitrogens with one attached hydrogen (secondary N) is 1. The van der Waals surface area contributed by atoms with Gasteiger partial charge in [-0.15, -0.1) is 0 Å². The monoisotopic (exact) mass is 610 g/mol. The summed E-state index contributed by atoms with van der Waals surface area (Å²) in [6, 6.07) is 16.7. The van der Waals surface area contributed by atoms with E-state index < -0.39 is 6.04 Å². The van der Waals surface area contributed by atoms with Gasteiger partial charge in [0, 0.05) is 74.8 Å². The second-order valence-electron chi connectivity index (χ2n) is 11.8. The Hall–Kier alpha value is -4.73. The molecule has 0 aliphatic carbocycles. The minimum absolute atomic E-state index is 0.0375. The Balaban J connectivity index is 1.39. The van der Waals surface area contributed by atoms with Gasteiger partial charge in [-0.25, -0.2) is 4.98 Å².